The zero-order chi connectivity index (χ0) is 11.6. The van der Waals surface area contributed by atoms with Gasteiger partial charge in [0.25, 0.3) is 0 Å². The summed E-state index contributed by atoms with van der Waals surface area (Å²) in [6.45, 7) is 1.88. The van der Waals surface area contributed by atoms with Gasteiger partial charge in [0.15, 0.2) is 0 Å². The summed E-state index contributed by atoms with van der Waals surface area (Å²) in [7, 11) is 0. The molecule has 0 bridgehead atoms. The van der Waals surface area contributed by atoms with Crippen molar-refractivity contribution < 1.29 is 24.5 Å². The van der Waals surface area contributed by atoms with Crippen LogP contribution in [0.1, 0.15) is 13.3 Å². The minimum Gasteiger partial charge on any atom is -0.480 e. The van der Waals surface area contributed by atoms with Crippen LogP contribution in [0.15, 0.2) is 0 Å². The number of nitrogens with two attached hydrogens (primary N) is 2. The Morgan fingerprint density at radius 3 is 2.07 bits per heavy atom. The molecule has 0 fully saturated rings. The van der Waals surface area contributed by atoms with Crippen LogP contribution in [0, 0.1) is 0 Å². The van der Waals surface area contributed by atoms with Crippen LogP contribution in [-0.2, 0) is 9.53 Å². The van der Waals surface area contributed by atoms with Crippen molar-refractivity contribution in [2.75, 3.05) is 13.2 Å². The molecule has 14 heavy (non-hydrogen) atoms. The van der Waals surface area contributed by atoms with E-state index in [0.29, 0.717) is 6.61 Å². The average molecular weight is 208 g/mol. The molecule has 7 heteroatoms. The smallest absolute Gasteiger partial charge is 0.404 e. The highest BCUT2D eigenvalue weighted by atomic mass is 16.5. The normalized spacial score (nSPS) is 10.8. The summed E-state index contributed by atoms with van der Waals surface area (Å²) in [6.07, 6.45) is -0.590. The molecule has 0 rings (SSSR count). The fourth-order valence-electron chi connectivity index (χ4n) is 0.405. The lowest BCUT2D eigenvalue weighted by Crippen LogP contribution is -2.30. The first-order valence-electron chi connectivity index (χ1n) is 3.97. The molecule has 1 unspecified atom stereocenters. The van der Waals surface area contributed by atoms with E-state index in [2.05, 4.69) is 10.5 Å². The molecule has 0 aliphatic carbocycles. The van der Waals surface area contributed by atoms with Gasteiger partial charge in [-0.15, -0.1) is 0 Å². The zero-order valence-corrected chi connectivity index (χ0v) is 7.97. The molecule has 1 atom stereocenters. The highest BCUT2D eigenvalue weighted by Crippen LogP contribution is 1.83. The maximum absolute atomic E-state index is 9.85. The number of ether oxygens (including phenoxy) is 1. The van der Waals surface area contributed by atoms with Crippen LogP contribution in [0.2, 0.25) is 0 Å². The van der Waals surface area contributed by atoms with Gasteiger partial charge >= 0.3 is 12.1 Å². The number of amides is 1. The second-order valence-electron chi connectivity index (χ2n) is 2.21. The molecule has 0 heterocycles. The van der Waals surface area contributed by atoms with Gasteiger partial charge < -0.3 is 26.4 Å². The van der Waals surface area contributed by atoms with E-state index in [1.165, 1.54) is 0 Å². The number of carbonyl (C=O) groups excluding carboxylic acids is 1. The average Bonchev–Trinajstić information content (AvgIpc) is 2.05. The monoisotopic (exact) mass is 208 g/mol. The summed E-state index contributed by atoms with van der Waals surface area (Å²) in [5, 5.41) is 16.2. The Labute approximate surface area is 81.6 Å². The van der Waals surface area contributed by atoms with Gasteiger partial charge in [0.05, 0.1) is 6.61 Å². The molecule has 6 N–H and O–H groups in total. The van der Waals surface area contributed by atoms with Crippen LogP contribution in [0.25, 0.3) is 0 Å². The first-order chi connectivity index (χ1) is 6.45. The maximum Gasteiger partial charge on any atom is 0.404 e. The lowest BCUT2D eigenvalue weighted by atomic mass is 10.2. The van der Waals surface area contributed by atoms with Crippen LogP contribution in [0.3, 0.4) is 0 Å². The van der Waals surface area contributed by atoms with Crippen molar-refractivity contribution in [3.63, 3.8) is 0 Å². The number of carboxylic acids is 1. The molecule has 84 valence electrons. The number of primary amides is 1. The fraction of sp³-hybridized carbons (Fsp3) is 0.714. The Morgan fingerprint density at radius 2 is 2.00 bits per heavy atom. The summed E-state index contributed by atoms with van der Waals surface area (Å²) in [4.78, 5) is 19.5. The third-order valence-electron chi connectivity index (χ3n) is 1.04. The van der Waals surface area contributed by atoms with Gasteiger partial charge in [-0.1, -0.05) is 0 Å². The number of carboxylic acid groups (broad SMARTS) is 1. The van der Waals surface area contributed by atoms with E-state index >= 15 is 0 Å². The second kappa shape index (κ2) is 9.75. The van der Waals surface area contributed by atoms with Crippen molar-refractivity contribution in [2.24, 2.45) is 11.5 Å². The number of hydrogen-bond donors (Lipinski definition) is 4. The Balaban J connectivity index is 0. The molecule has 0 radical (unpaired) electrons. The summed E-state index contributed by atoms with van der Waals surface area (Å²) >= 11 is 0. The van der Waals surface area contributed by atoms with E-state index in [4.69, 9.17) is 15.9 Å². The van der Waals surface area contributed by atoms with Crippen molar-refractivity contribution in [3.8, 4) is 0 Å². The van der Waals surface area contributed by atoms with Crippen molar-refractivity contribution in [1.82, 2.24) is 0 Å². The van der Waals surface area contributed by atoms with Gasteiger partial charge in [-0.25, -0.2) is 4.79 Å². The Bertz CT molecular complexity index is 173. The second-order valence-corrected chi connectivity index (χ2v) is 2.21. The van der Waals surface area contributed by atoms with Crippen LogP contribution in [-0.4, -0.2) is 41.5 Å². The van der Waals surface area contributed by atoms with Crippen LogP contribution in [0.5, 0.6) is 0 Å². The van der Waals surface area contributed by atoms with E-state index in [1.54, 1.807) is 6.92 Å². The minimum absolute atomic E-state index is 0.120. The van der Waals surface area contributed by atoms with Gasteiger partial charge in [0, 0.05) is 6.61 Å². The standard InChI is InChI=1S/C4H9NO3.C3H7NO2/c5-3(1-2-6)4(7)8;1-2-6-3(4)5/h3,6H,1-2,5H2,(H,7,8);2H2,1H3,(H2,4,5). The largest absolute Gasteiger partial charge is 0.480 e. The highest BCUT2D eigenvalue weighted by Gasteiger charge is 2.08. The molecular formula is C7H16N2O5. The Hall–Kier alpha value is -1.34. The fourth-order valence-corrected chi connectivity index (χ4v) is 0.405. The third-order valence-corrected chi connectivity index (χ3v) is 1.04. The maximum atomic E-state index is 9.85. The van der Waals surface area contributed by atoms with E-state index in [0.717, 1.165) is 0 Å². The summed E-state index contributed by atoms with van der Waals surface area (Å²) in [6, 6.07) is -0.917. The van der Waals surface area contributed by atoms with Crippen LogP contribution >= 0.6 is 0 Å². The predicted octanol–water partition coefficient (Wildman–Crippen LogP) is -1.12. The van der Waals surface area contributed by atoms with Gasteiger partial charge in [0.2, 0.25) is 0 Å². The van der Waals surface area contributed by atoms with Crippen LogP contribution in [0.4, 0.5) is 4.79 Å². The van der Waals surface area contributed by atoms with Gasteiger partial charge in [-0.3, -0.25) is 4.79 Å². The van der Waals surface area contributed by atoms with Crippen molar-refractivity contribution in [2.45, 2.75) is 19.4 Å². The quantitative estimate of drug-likeness (QED) is 0.462. The summed E-state index contributed by atoms with van der Waals surface area (Å²) in [5.41, 5.74) is 9.51. The molecule has 0 aromatic rings. The number of aliphatic carboxylic acids is 1. The third kappa shape index (κ3) is 13.3. The number of aliphatic hydroxyl groups is 1. The van der Waals surface area contributed by atoms with Crippen molar-refractivity contribution in [3.05, 3.63) is 0 Å². The molecule has 0 aliphatic heterocycles. The molecular weight excluding hydrogens is 192 g/mol. The Kier molecular flexibility index (Phi) is 10.5. The number of carbonyl (C=O) groups is 2. The molecule has 0 aliphatic rings. The minimum atomic E-state index is -1.07. The molecule has 0 aromatic heterocycles. The summed E-state index contributed by atoms with van der Waals surface area (Å²) in [5.74, 6) is -1.07. The molecule has 7 nitrogen and oxygen atoms in total. The number of rotatable bonds is 4. The first kappa shape index (κ1) is 15.1. The van der Waals surface area contributed by atoms with Gasteiger partial charge in [0.1, 0.15) is 6.04 Å². The molecule has 1 amide bonds. The SMILES string of the molecule is CCOC(N)=O.NC(CCO)C(=O)O. The van der Waals surface area contributed by atoms with Gasteiger partial charge in [-0.05, 0) is 13.3 Å². The predicted molar refractivity (Wildman–Crippen MR) is 48.5 cm³/mol. The van der Waals surface area contributed by atoms with Crippen LogP contribution < -0.4 is 11.5 Å². The highest BCUT2D eigenvalue weighted by molar-refractivity contribution is 5.72. The first-order valence-corrected chi connectivity index (χ1v) is 3.97. The van der Waals surface area contributed by atoms with Crippen molar-refractivity contribution in [1.29, 1.82) is 0 Å². The molecule has 0 saturated carbocycles. The molecule has 0 saturated heterocycles. The van der Waals surface area contributed by atoms with E-state index in [9.17, 15) is 9.59 Å². The number of aliphatic hydroxyl groups excluding tert-OH is 1. The van der Waals surface area contributed by atoms with E-state index < -0.39 is 18.1 Å². The topological polar surface area (TPSA) is 136 Å². The zero-order valence-electron chi connectivity index (χ0n) is 7.97. The Morgan fingerprint density at radius 1 is 1.50 bits per heavy atom. The molecule has 0 spiro atoms. The van der Waals surface area contributed by atoms with Crippen molar-refractivity contribution >= 4 is 12.1 Å². The van der Waals surface area contributed by atoms with E-state index in [-0.39, 0.29) is 13.0 Å². The summed E-state index contributed by atoms with van der Waals surface area (Å²) < 4.78 is 4.18. The van der Waals surface area contributed by atoms with Gasteiger partial charge in [-0.2, -0.15) is 0 Å². The lowest BCUT2D eigenvalue weighted by Gasteiger charge is -2.00. The molecule has 0 aromatic carbocycles. The lowest BCUT2D eigenvalue weighted by molar-refractivity contribution is -0.138. The van der Waals surface area contributed by atoms with E-state index in [1.807, 2.05) is 0 Å². The number of hydrogen-bond acceptors (Lipinski definition) is 5.